The summed E-state index contributed by atoms with van der Waals surface area (Å²) in [5.74, 6) is 2.22. The molecule has 0 N–H and O–H groups in total. The summed E-state index contributed by atoms with van der Waals surface area (Å²) in [6.07, 6.45) is 0. The molecule has 0 fully saturated rings. The highest BCUT2D eigenvalue weighted by molar-refractivity contribution is 9.09. The van der Waals surface area contributed by atoms with Gasteiger partial charge in [-0.05, 0) is 35.4 Å². The Balaban J connectivity index is 2.90. The lowest BCUT2D eigenvalue weighted by Crippen LogP contribution is -2.21. The molecule has 1 nitrogen and oxygen atoms in total. The summed E-state index contributed by atoms with van der Waals surface area (Å²) in [6.45, 7) is 14.1. The first-order chi connectivity index (χ1) is 8.75. The van der Waals surface area contributed by atoms with Crippen LogP contribution in [0.2, 0.25) is 0 Å². The van der Waals surface area contributed by atoms with E-state index in [1.54, 1.807) is 0 Å². The predicted octanol–water partition coefficient (Wildman–Crippen LogP) is 5.34. The van der Waals surface area contributed by atoms with Crippen LogP contribution in [0.1, 0.15) is 45.7 Å². The van der Waals surface area contributed by atoms with Gasteiger partial charge in [0.1, 0.15) is 5.75 Å². The van der Waals surface area contributed by atoms with E-state index in [1.165, 1.54) is 11.1 Å². The molecule has 0 saturated carbocycles. The lowest BCUT2D eigenvalue weighted by atomic mass is 9.86. The van der Waals surface area contributed by atoms with E-state index in [2.05, 4.69) is 75.7 Å². The average Bonchev–Trinajstić information content (AvgIpc) is 2.27. The van der Waals surface area contributed by atoms with Crippen molar-refractivity contribution < 1.29 is 4.74 Å². The Labute approximate surface area is 126 Å². The molecule has 0 aliphatic carbocycles. The van der Waals surface area contributed by atoms with Gasteiger partial charge >= 0.3 is 0 Å². The van der Waals surface area contributed by atoms with E-state index in [9.17, 15) is 0 Å². The molecule has 0 aliphatic rings. The zero-order valence-electron chi connectivity index (χ0n) is 13.1. The van der Waals surface area contributed by atoms with Crippen LogP contribution in [0.5, 0.6) is 5.75 Å². The Kier molecular flexibility index (Phi) is 5.91. The van der Waals surface area contributed by atoms with Crippen molar-refractivity contribution >= 4 is 15.9 Å². The quantitative estimate of drug-likeness (QED) is 0.664. The Morgan fingerprint density at radius 3 is 2.32 bits per heavy atom. The third-order valence-electron chi connectivity index (χ3n) is 3.54. The monoisotopic (exact) mass is 326 g/mol. The lowest BCUT2D eigenvalue weighted by molar-refractivity contribution is 0.223. The summed E-state index contributed by atoms with van der Waals surface area (Å²) in [5.41, 5.74) is 2.66. The van der Waals surface area contributed by atoms with Gasteiger partial charge in [0.2, 0.25) is 0 Å². The Morgan fingerprint density at radius 1 is 1.21 bits per heavy atom. The second kappa shape index (κ2) is 6.78. The van der Waals surface area contributed by atoms with Gasteiger partial charge in [0, 0.05) is 11.2 Å². The van der Waals surface area contributed by atoms with Gasteiger partial charge < -0.3 is 4.74 Å². The number of aryl methyl sites for hydroxylation is 1. The van der Waals surface area contributed by atoms with Crippen molar-refractivity contribution in [3.05, 3.63) is 29.3 Å². The second-order valence-corrected chi connectivity index (χ2v) is 7.37. The Bertz CT molecular complexity index is 404. The van der Waals surface area contributed by atoms with Crippen LogP contribution in [-0.4, -0.2) is 11.9 Å². The number of alkyl halides is 1. The summed E-state index contributed by atoms with van der Waals surface area (Å²) in [6, 6.07) is 6.52. The first-order valence-corrected chi connectivity index (χ1v) is 8.17. The van der Waals surface area contributed by atoms with E-state index in [4.69, 9.17) is 4.74 Å². The molecular weight excluding hydrogens is 300 g/mol. The van der Waals surface area contributed by atoms with Gasteiger partial charge in [-0.15, -0.1) is 0 Å². The Morgan fingerprint density at radius 2 is 1.84 bits per heavy atom. The van der Waals surface area contributed by atoms with Gasteiger partial charge in [0.25, 0.3) is 0 Å². The van der Waals surface area contributed by atoms with Crippen molar-refractivity contribution in [3.63, 3.8) is 0 Å². The predicted molar refractivity (Wildman–Crippen MR) is 87.5 cm³/mol. The number of benzene rings is 1. The molecule has 0 radical (unpaired) electrons. The molecule has 0 amide bonds. The molecule has 0 saturated heterocycles. The highest BCUT2D eigenvalue weighted by Gasteiger charge is 2.20. The van der Waals surface area contributed by atoms with E-state index in [0.29, 0.717) is 11.8 Å². The zero-order valence-corrected chi connectivity index (χ0v) is 14.7. The maximum Gasteiger partial charge on any atom is 0.123 e. The molecular formula is C17H27BrO. The third-order valence-corrected chi connectivity index (χ3v) is 4.37. The van der Waals surface area contributed by atoms with Crippen LogP contribution in [0.3, 0.4) is 0 Å². The minimum Gasteiger partial charge on any atom is -0.493 e. The molecule has 1 rings (SSSR count). The summed E-state index contributed by atoms with van der Waals surface area (Å²) in [5, 5.41) is 0.987. The van der Waals surface area contributed by atoms with E-state index in [1.807, 2.05) is 0 Å². The summed E-state index contributed by atoms with van der Waals surface area (Å²) in [7, 11) is 0. The van der Waals surface area contributed by atoms with Crippen LogP contribution < -0.4 is 4.74 Å². The number of hydrogen-bond donors (Lipinski definition) is 0. The van der Waals surface area contributed by atoms with Gasteiger partial charge in [-0.25, -0.2) is 0 Å². The molecule has 1 unspecified atom stereocenters. The Hall–Kier alpha value is -0.500. The second-order valence-electron chi connectivity index (χ2n) is 6.72. The lowest BCUT2D eigenvalue weighted by Gasteiger charge is -2.25. The first kappa shape index (κ1) is 16.6. The fraction of sp³-hybridized carbons (Fsp3) is 0.647. The van der Waals surface area contributed by atoms with Crippen molar-refractivity contribution in [3.8, 4) is 5.75 Å². The van der Waals surface area contributed by atoms with Crippen LogP contribution in [0.4, 0.5) is 0 Å². The molecule has 0 aromatic heterocycles. The van der Waals surface area contributed by atoms with E-state index in [-0.39, 0.29) is 5.41 Å². The van der Waals surface area contributed by atoms with Gasteiger partial charge in [-0.2, -0.15) is 0 Å². The van der Waals surface area contributed by atoms with E-state index >= 15 is 0 Å². The van der Waals surface area contributed by atoms with Gasteiger partial charge in [0.05, 0.1) is 6.61 Å². The SMILES string of the molecule is Cc1ccc(C(C)(C)C)c(OCC(CBr)C(C)C)c1. The van der Waals surface area contributed by atoms with Crippen LogP contribution in [0, 0.1) is 18.8 Å². The minimum atomic E-state index is 0.116. The standard InChI is InChI=1S/C17H27BrO/c1-12(2)14(10-18)11-19-16-9-13(3)7-8-15(16)17(4,5)6/h7-9,12,14H,10-11H2,1-6H3. The molecule has 108 valence electrons. The maximum atomic E-state index is 6.13. The highest BCUT2D eigenvalue weighted by atomic mass is 79.9. The number of rotatable bonds is 5. The molecule has 0 bridgehead atoms. The van der Waals surface area contributed by atoms with Crippen LogP contribution in [0.15, 0.2) is 18.2 Å². The molecule has 1 aromatic rings. The highest BCUT2D eigenvalue weighted by Crippen LogP contribution is 2.32. The van der Waals surface area contributed by atoms with Crippen LogP contribution in [0.25, 0.3) is 0 Å². The summed E-state index contributed by atoms with van der Waals surface area (Å²) < 4.78 is 6.13. The maximum absolute atomic E-state index is 6.13. The van der Waals surface area contributed by atoms with Crippen molar-refractivity contribution in [1.82, 2.24) is 0 Å². The molecule has 1 aromatic carbocycles. The number of hydrogen-bond acceptors (Lipinski definition) is 1. The van der Waals surface area contributed by atoms with Gasteiger partial charge in [0.15, 0.2) is 0 Å². The minimum absolute atomic E-state index is 0.116. The van der Waals surface area contributed by atoms with E-state index in [0.717, 1.165) is 17.7 Å². The largest absolute Gasteiger partial charge is 0.493 e. The first-order valence-electron chi connectivity index (χ1n) is 7.05. The summed E-state index contributed by atoms with van der Waals surface area (Å²) in [4.78, 5) is 0. The van der Waals surface area contributed by atoms with Crippen LogP contribution >= 0.6 is 15.9 Å². The van der Waals surface area contributed by atoms with Crippen molar-refractivity contribution in [2.24, 2.45) is 11.8 Å². The fourth-order valence-electron chi connectivity index (χ4n) is 1.98. The smallest absolute Gasteiger partial charge is 0.123 e. The van der Waals surface area contributed by atoms with Crippen LogP contribution in [-0.2, 0) is 5.41 Å². The normalized spacial score (nSPS) is 13.7. The van der Waals surface area contributed by atoms with E-state index < -0.39 is 0 Å². The molecule has 2 heteroatoms. The molecule has 19 heavy (non-hydrogen) atoms. The molecule has 1 atom stereocenters. The number of ether oxygens (including phenoxy) is 1. The van der Waals surface area contributed by atoms with Crippen molar-refractivity contribution in [1.29, 1.82) is 0 Å². The van der Waals surface area contributed by atoms with Crippen molar-refractivity contribution in [2.45, 2.75) is 47.0 Å². The van der Waals surface area contributed by atoms with Gasteiger partial charge in [-0.3, -0.25) is 0 Å². The topological polar surface area (TPSA) is 9.23 Å². The molecule has 0 aliphatic heterocycles. The fourth-order valence-corrected chi connectivity index (χ4v) is 2.92. The van der Waals surface area contributed by atoms with Crippen molar-refractivity contribution in [2.75, 3.05) is 11.9 Å². The third kappa shape index (κ3) is 4.83. The molecule has 0 heterocycles. The summed E-state index contributed by atoms with van der Waals surface area (Å²) >= 11 is 3.58. The zero-order chi connectivity index (χ0) is 14.6. The molecule has 0 spiro atoms. The average molecular weight is 327 g/mol. The number of halogens is 1. The van der Waals surface area contributed by atoms with Gasteiger partial charge in [-0.1, -0.05) is 62.7 Å².